The number of esters is 1. The van der Waals surface area contributed by atoms with Gasteiger partial charge in [0.1, 0.15) is 24.5 Å². The lowest BCUT2D eigenvalue weighted by molar-refractivity contribution is 0.0527. The predicted molar refractivity (Wildman–Crippen MR) is 161 cm³/mol. The van der Waals surface area contributed by atoms with Crippen molar-refractivity contribution in [3.63, 3.8) is 0 Å². The predicted octanol–water partition coefficient (Wildman–Crippen LogP) is 6.33. The maximum Gasteiger partial charge on any atom is 0.338 e. The highest BCUT2D eigenvalue weighted by molar-refractivity contribution is 5.97. The van der Waals surface area contributed by atoms with Crippen LogP contribution < -0.4 is 10.1 Å². The van der Waals surface area contributed by atoms with Crippen LogP contribution in [0.5, 0.6) is 5.75 Å². The van der Waals surface area contributed by atoms with E-state index < -0.39 is 12.1 Å². The third kappa shape index (κ3) is 7.83. The molecule has 0 aliphatic carbocycles. The van der Waals surface area contributed by atoms with Crippen LogP contribution in [0.25, 0.3) is 21.9 Å². The molecule has 0 fully saturated rings. The van der Waals surface area contributed by atoms with Crippen LogP contribution in [0.3, 0.4) is 0 Å². The van der Waals surface area contributed by atoms with Crippen LogP contribution in [0.15, 0.2) is 84.9 Å². The molecule has 4 rings (SSSR count). The van der Waals surface area contributed by atoms with Gasteiger partial charge in [0.25, 0.3) is 0 Å². The number of rotatable bonds is 11. The lowest BCUT2D eigenvalue weighted by atomic mass is 9.93. The molecule has 0 amide bonds. The normalized spacial score (nSPS) is 11.8. The number of β-amino-alcohol motifs (C(OH)–C–C–N with tert-alkyl or cyclic N) is 1. The molecule has 40 heavy (non-hydrogen) atoms. The van der Waals surface area contributed by atoms with Crippen molar-refractivity contribution in [2.45, 2.75) is 38.8 Å². The van der Waals surface area contributed by atoms with Gasteiger partial charge in [-0.3, -0.25) is 0 Å². The van der Waals surface area contributed by atoms with Gasteiger partial charge in [-0.05, 0) is 72.9 Å². The highest BCUT2D eigenvalue weighted by Gasteiger charge is 2.20. The smallest absolute Gasteiger partial charge is 0.338 e. The summed E-state index contributed by atoms with van der Waals surface area (Å²) in [4.78, 5) is 12.4. The minimum atomic E-state index is -0.789. The first-order valence-corrected chi connectivity index (χ1v) is 13.1. The molecule has 208 valence electrons. The first kappa shape index (κ1) is 30.6. The summed E-state index contributed by atoms with van der Waals surface area (Å²) in [6.07, 6.45) is 0.00855. The molecule has 4 aromatic rings. The highest BCUT2D eigenvalue weighted by Crippen LogP contribution is 2.30. The molecular weight excluding hydrogens is 524 g/mol. The zero-order valence-corrected chi connectivity index (χ0v) is 23.8. The van der Waals surface area contributed by atoms with Crippen molar-refractivity contribution in [3.8, 4) is 22.9 Å². The van der Waals surface area contributed by atoms with E-state index in [1.54, 1.807) is 37.3 Å². The summed E-state index contributed by atoms with van der Waals surface area (Å²) < 4.78 is 11.1. The van der Waals surface area contributed by atoms with Gasteiger partial charge in [-0.15, -0.1) is 12.4 Å². The number of nitriles is 1. The maximum atomic E-state index is 12.4. The van der Waals surface area contributed by atoms with E-state index in [-0.39, 0.29) is 31.2 Å². The minimum Gasteiger partial charge on any atom is -0.489 e. The molecule has 0 spiro atoms. The molecule has 0 aliphatic rings. The van der Waals surface area contributed by atoms with Crippen molar-refractivity contribution in [2.24, 2.45) is 0 Å². The van der Waals surface area contributed by atoms with Crippen LogP contribution in [-0.4, -0.2) is 42.5 Å². The molecule has 0 heterocycles. The van der Waals surface area contributed by atoms with Gasteiger partial charge in [0.15, 0.2) is 0 Å². The fraction of sp³-hybridized carbons (Fsp3) is 0.273. The monoisotopic (exact) mass is 558 g/mol. The van der Waals surface area contributed by atoms with Gasteiger partial charge in [0.2, 0.25) is 0 Å². The Hall–Kier alpha value is -3.89. The summed E-state index contributed by atoms with van der Waals surface area (Å²) in [5.41, 5.74) is 3.16. The molecule has 0 aromatic heterocycles. The van der Waals surface area contributed by atoms with E-state index in [4.69, 9.17) is 9.47 Å². The quantitative estimate of drug-likeness (QED) is 0.209. The summed E-state index contributed by atoms with van der Waals surface area (Å²) in [5, 5.41) is 26.1. The number of carbonyl (C=O) groups is 1. The van der Waals surface area contributed by atoms with Gasteiger partial charge in [0, 0.05) is 12.1 Å². The van der Waals surface area contributed by atoms with Crippen LogP contribution in [0.2, 0.25) is 0 Å². The third-order valence-electron chi connectivity index (χ3n) is 6.54. The Morgan fingerprint density at radius 1 is 1.00 bits per heavy atom. The summed E-state index contributed by atoms with van der Waals surface area (Å²) in [6.45, 7) is 6.59. The largest absolute Gasteiger partial charge is 0.489 e. The molecule has 7 heteroatoms. The summed E-state index contributed by atoms with van der Waals surface area (Å²) >= 11 is 0. The molecule has 0 saturated heterocycles. The molecule has 1 unspecified atom stereocenters. The summed E-state index contributed by atoms with van der Waals surface area (Å²) in [7, 11) is 0. The van der Waals surface area contributed by atoms with Gasteiger partial charge in [0.05, 0.1) is 17.7 Å². The maximum absolute atomic E-state index is 12.4. The first-order chi connectivity index (χ1) is 18.8. The fourth-order valence-corrected chi connectivity index (χ4v) is 4.58. The van der Waals surface area contributed by atoms with E-state index in [9.17, 15) is 15.2 Å². The topological polar surface area (TPSA) is 91.6 Å². The van der Waals surface area contributed by atoms with Crippen LogP contribution in [0.4, 0.5) is 0 Å². The Balaban J connectivity index is 0.00000441. The van der Waals surface area contributed by atoms with Crippen molar-refractivity contribution >= 4 is 29.1 Å². The second-order valence-electron chi connectivity index (χ2n) is 10.2. The second-order valence-corrected chi connectivity index (χ2v) is 10.2. The summed E-state index contributed by atoms with van der Waals surface area (Å²) in [5.74, 6) is -0.0594. The Labute approximate surface area is 242 Å². The van der Waals surface area contributed by atoms with Crippen molar-refractivity contribution in [1.29, 1.82) is 5.26 Å². The van der Waals surface area contributed by atoms with E-state index in [1.165, 1.54) is 16.3 Å². The number of hydrogen-bond donors (Lipinski definition) is 2. The van der Waals surface area contributed by atoms with E-state index in [0.717, 1.165) is 12.0 Å². The van der Waals surface area contributed by atoms with Crippen LogP contribution in [0, 0.1) is 11.3 Å². The molecule has 2 N–H and O–H groups in total. The molecular formula is C33H35ClN2O4. The number of nitrogens with one attached hydrogen (secondary N) is 1. The van der Waals surface area contributed by atoms with E-state index in [1.807, 2.05) is 24.3 Å². The molecule has 4 aromatic carbocycles. The number of benzene rings is 4. The van der Waals surface area contributed by atoms with Crippen molar-refractivity contribution in [2.75, 3.05) is 19.8 Å². The van der Waals surface area contributed by atoms with Gasteiger partial charge < -0.3 is 19.9 Å². The van der Waals surface area contributed by atoms with Crippen LogP contribution >= 0.6 is 12.4 Å². The number of ether oxygens (including phenoxy) is 2. The van der Waals surface area contributed by atoms with E-state index in [2.05, 4.69) is 55.6 Å². The average Bonchev–Trinajstić information content (AvgIpc) is 2.94. The van der Waals surface area contributed by atoms with Crippen molar-refractivity contribution < 1.29 is 19.4 Å². The lowest BCUT2D eigenvalue weighted by Gasteiger charge is -2.28. The molecule has 6 nitrogen and oxygen atoms in total. The number of fused-ring (bicyclic) bond motifs is 1. The number of halogens is 1. The number of carbonyl (C=O) groups excluding carboxylic acids is 1. The number of hydrogen-bond acceptors (Lipinski definition) is 6. The zero-order valence-electron chi connectivity index (χ0n) is 23.0. The minimum absolute atomic E-state index is 0. The first-order valence-electron chi connectivity index (χ1n) is 13.1. The Bertz CT molecular complexity index is 1500. The van der Waals surface area contributed by atoms with Crippen molar-refractivity contribution in [3.05, 3.63) is 102 Å². The molecule has 1 atom stereocenters. The Kier molecular flexibility index (Phi) is 10.7. The SMILES string of the molecule is CCOC(=O)c1ccccc1-c1ccc(C#N)c(OCC(O)CNC(C)(C)Cc2ccc3ccccc3c2)c1.Cl. The van der Waals surface area contributed by atoms with Gasteiger partial charge in [-0.2, -0.15) is 5.26 Å². The Morgan fingerprint density at radius 2 is 1.73 bits per heavy atom. The van der Waals surface area contributed by atoms with Crippen LogP contribution in [0.1, 0.15) is 42.3 Å². The average molecular weight is 559 g/mol. The molecule has 0 bridgehead atoms. The lowest BCUT2D eigenvalue weighted by Crippen LogP contribution is -2.46. The second kappa shape index (κ2) is 14.0. The van der Waals surface area contributed by atoms with E-state index in [0.29, 0.717) is 29.0 Å². The number of nitrogens with zero attached hydrogens (tertiary/aromatic N) is 1. The van der Waals surface area contributed by atoms with Crippen molar-refractivity contribution in [1.82, 2.24) is 5.32 Å². The molecule has 0 aliphatic heterocycles. The highest BCUT2D eigenvalue weighted by atomic mass is 35.5. The van der Waals surface area contributed by atoms with E-state index >= 15 is 0 Å². The van der Waals surface area contributed by atoms with Gasteiger partial charge in [-0.1, -0.05) is 66.7 Å². The van der Waals surface area contributed by atoms with Gasteiger partial charge >= 0.3 is 5.97 Å². The molecule has 0 saturated carbocycles. The third-order valence-corrected chi connectivity index (χ3v) is 6.54. The van der Waals surface area contributed by atoms with Crippen LogP contribution in [-0.2, 0) is 11.2 Å². The number of aliphatic hydroxyl groups excluding tert-OH is 1. The fourth-order valence-electron chi connectivity index (χ4n) is 4.58. The Morgan fingerprint density at radius 3 is 2.48 bits per heavy atom. The zero-order chi connectivity index (χ0) is 27.8. The molecule has 0 radical (unpaired) electrons. The number of aliphatic hydroxyl groups is 1. The standard InChI is InChI=1S/C33H34N2O4.ClH/c1-4-38-32(37)30-12-8-7-11-29(30)26-15-16-27(20-34)31(18-26)39-22-28(36)21-35-33(2,3)19-23-13-14-24-9-5-6-10-25(24)17-23;/h5-18,28,35-36H,4,19,21-22H2,1-3H3;1H. The summed E-state index contributed by atoms with van der Waals surface area (Å²) in [6, 6.07) is 29.2. The van der Waals surface area contributed by atoms with Gasteiger partial charge in [-0.25, -0.2) is 4.79 Å².